The fourth-order valence-electron chi connectivity index (χ4n) is 1.55. The highest BCUT2D eigenvalue weighted by Gasteiger charge is 2.26. The van der Waals surface area contributed by atoms with E-state index in [0.29, 0.717) is 6.54 Å². The summed E-state index contributed by atoms with van der Waals surface area (Å²) in [6.07, 6.45) is 3.50. The van der Waals surface area contributed by atoms with Gasteiger partial charge in [0.1, 0.15) is 0 Å². The fraction of sp³-hybridized carbons (Fsp3) is 0.929. The normalized spacial score (nSPS) is 14.6. The number of carbonyl (C=O) groups is 1. The third kappa shape index (κ3) is 10.3. The van der Waals surface area contributed by atoms with Gasteiger partial charge in [-0.1, -0.05) is 33.6 Å². The Labute approximate surface area is 133 Å². The summed E-state index contributed by atoms with van der Waals surface area (Å²) >= 11 is 0. The molecule has 0 heterocycles. The monoisotopic (exact) mass is 339 g/mol. The van der Waals surface area contributed by atoms with E-state index in [0.717, 1.165) is 25.7 Å². The Kier molecular flexibility index (Phi) is 10.9. The van der Waals surface area contributed by atoms with Crippen LogP contribution in [-0.2, 0) is 28.0 Å². The van der Waals surface area contributed by atoms with Gasteiger partial charge in [-0.3, -0.25) is 13.8 Å². The van der Waals surface area contributed by atoms with Crippen LogP contribution >= 0.6 is 7.82 Å². The number of nitrogens with one attached hydrogen (secondary N) is 1. The molecule has 7 nitrogen and oxygen atoms in total. The SMILES string of the molecule is CCOP(=O)(OCCCCCCNC(=O)C(C)(C)C)OOC. The summed E-state index contributed by atoms with van der Waals surface area (Å²) in [4.78, 5) is 16.0. The molecule has 0 fully saturated rings. The van der Waals surface area contributed by atoms with Crippen molar-refractivity contribution in [3.8, 4) is 0 Å². The lowest BCUT2D eigenvalue weighted by atomic mass is 9.96. The van der Waals surface area contributed by atoms with E-state index in [1.165, 1.54) is 7.11 Å². The number of carbonyl (C=O) groups excluding carboxylic acids is 1. The first-order valence-electron chi connectivity index (χ1n) is 7.65. The van der Waals surface area contributed by atoms with Gasteiger partial charge in [-0.2, -0.15) is 0 Å². The third-order valence-electron chi connectivity index (χ3n) is 2.74. The highest BCUT2D eigenvalue weighted by atomic mass is 31.2. The van der Waals surface area contributed by atoms with Crippen LogP contribution in [0.3, 0.4) is 0 Å². The van der Waals surface area contributed by atoms with E-state index in [9.17, 15) is 9.36 Å². The molecule has 0 aromatic rings. The van der Waals surface area contributed by atoms with Gasteiger partial charge >= 0.3 is 7.82 Å². The Morgan fingerprint density at radius 3 is 2.27 bits per heavy atom. The zero-order valence-corrected chi connectivity index (χ0v) is 15.2. The summed E-state index contributed by atoms with van der Waals surface area (Å²) in [7, 11) is -2.34. The molecular formula is C14H30NO6P. The Hall–Kier alpha value is -0.460. The van der Waals surface area contributed by atoms with E-state index in [1.807, 2.05) is 20.8 Å². The molecule has 0 radical (unpaired) electrons. The van der Waals surface area contributed by atoms with Gasteiger partial charge < -0.3 is 5.32 Å². The second kappa shape index (κ2) is 11.1. The van der Waals surface area contributed by atoms with Crippen LogP contribution in [0.25, 0.3) is 0 Å². The molecule has 0 aliphatic rings. The minimum Gasteiger partial charge on any atom is -0.356 e. The van der Waals surface area contributed by atoms with Crippen molar-refractivity contribution >= 4 is 13.7 Å². The molecule has 22 heavy (non-hydrogen) atoms. The van der Waals surface area contributed by atoms with E-state index < -0.39 is 7.82 Å². The van der Waals surface area contributed by atoms with Crippen molar-refractivity contribution in [1.29, 1.82) is 0 Å². The van der Waals surface area contributed by atoms with Crippen LogP contribution in [0, 0.1) is 5.41 Å². The van der Waals surface area contributed by atoms with Gasteiger partial charge in [0.15, 0.2) is 0 Å². The molecule has 1 unspecified atom stereocenters. The molecule has 0 saturated carbocycles. The molecule has 0 spiro atoms. The van der Waals surface area contributed by atoms with E-state index in [4.69, 9.17) is 9.05 Å². The molecule has 0 saturated heterocycles. The van der Waals surface area contributed by atoms with Crippen molar-refractivity contribution in [2.24, 2.45) is 5.41 Å². The van der Waals surface area contributed by atoms with Crippen LogP contribution < -0.4 is 5.32 Å². The summed E-state index contributed by atoms with van der Waals surface area (Å²) in [5.74, 6) is 0.0604. The predicted octanol–water partition coefficient (Wildman–Crippen LogP) is 3.45. The number of phosphoric acid groups is 1. The summed E-state index contributed by atoms with van der Waals surface area (Å²) in [6, 6.07) is 0. The van der Waals surface area contributed by atoms with Crippen LogP contribution in [0.15, 0.2) is 0 Å². The summed E-state index contributed by atoms with van der Waals surface area (Å²) in [5.41, 5.74) is -0.352. The minimum atomic E-state index is -3.59. The van der Waals surface area contributed by atoms with Gasteiger partial charge in [-0.25, -0.2) is 9.45 Å². The zero-order valence-electron chi connectivity index (χ0n) is 14.3. The fourth-order valence-corrected chi connectivity index (χ4v) is 2.57. The van der Waals surface area contributed by atoms with E-state index in [1.54, 1.807) is 6.92 Å². The van der Waals surface area contributed by atoms with Crippen molar-refractivity contribution in [3.05, 3.63) is 0 Å². The molecule has 1 amide bonds. The summed E-state index contributed by atoms with van der Waals surface area (Å²) < 4.78 is 26.4. The third-order valence-corrected chi connectivity index (χ3v) is 4.15. The highest BCUT2D eigenvalue weighted by Crippen LogP contribution is 2.49. The topological polar surface area (TPSA) is 83.1 Å². The van der Waals surface area contributed by atoms with E-state index in [-0.39, 0.29) is 24.5 Å². The Balaban J connectivity index is 3.65. The van der Waals surface area contributed by atoms with Gasteiger partial charge in [-0.15, -0.1) is 4.67 Å². The maximum absolute atomic E-state index is 11.9. The molecular weight excluding hydrogens is 309 g/mol. The zero-order chi connectivity index (χ0) is 17.1. The smallest absolute Gasteiger partial charge is 0.356 e. The maximum atomic E-state index is 11.9. The lowest BCUT2D eigenvalue weighted by Gasteiger charge is -2.17. The van der Waals surface area contributed by atoms with Crippen LogP contribution in [0.5, 0.6) is 0 Å². The van der Waals surface area contributed by atoms with Gasteiger partial charge in [0.2, 0.25) is 5.91 Å². The van der Waals surface area contributed by atoms with Gasteiger partial charge in [-0.05, 0) is 19.8 Å². The highest BCUT2D eigenvalue weighted by molar-refractivity contribution is 7.48. The standard InChI is InChI=1S/C14H30NO6P/c1-6-19-22(17,21-18-5)20-12-10-8-7-9-11-15-13(16)14(2,3)4/h6-12H2,1-5H3,(H,15,16). The second-order valence-electron chi connectivity index (χ2n) is 5.86. The number of unbranched alkanes of at least 4 members (excludes halogenated alkanes) is 3. The van der Waals surface area contributed by atoms with Crippen LogP contribution in [0.4, 0.5) is 0 Å². The maximum Gasteiger partial charge on any atom is 0.502 e. The van der Waals surface area contributed by atoms with Crippen molar-refractivity contribution in [2.45, 2.75) is 53.4 Å². The molecule has 132 valence electrons. The first-order valence-corrected chi connectivity index (χ1v) is 9.11. The minimum absolute atomic E-state index is 0.0604. The van der Waals surface area contributed by atoms with Crippen molar-refractivity contribution in [1.82, 2.24) is 5.32 Å². The van der Waals surface area contributed by atoms with Crippen LogP contribution in [-0.4, -0.2) is 32.8 Å². The molecule has 0 rings (SSSR count). The molecule has 0 aromatic heterocycles. The first kappa shape index (κ1) is 21.5. The van der Waals surface area contributed by atoms with Crippen molar-refractivity contribution < 1.29 is 28.0 Å². The van der Waals surface area contributed by atoms with Gasteiger partial charge in [0.25, 0.3) is 0 Å². The molecule has 0 aliphatic carbocycles. The average molecular weight is 339 g/mol. The molecule has 8 heteroatoms. The molecule has 1 N–H and O–H groups in total. The Bertz CT molecular complexity index is 346. The second-order valence-corrected chi connectivity index (χ2v) is 7.42. The number of phosphoric ester groups is 1. The molecule has 0 aliphatic heterocycles. The van der Waals surface area contributed by atoms with E-state index >= 15 is 0 Å². The van der Waals surface area contributed by atoms with E-state index in [2.05, 4.69) is 14.9 Å². The summed E-state index contributed by atoms with van der Waals surface area (Å²) in [6.45, 7) is 8.51. The number of amides is 1. The first-order chi connectivity index (χ1) is 10.2. The summed E-state index contributed by atoms with van der Waals surface area (Å²) in [5, 5.41) is 2.90. The Morgan fingerprint density at radius 2 is 1.73 bits per heavy atom. The van der Waals surface area contributed by atoms with Crippen LogP contribution in [0.1, 0.15) is 53.4 Å². The number of hydrogen-bond acceptors (Lipinski definition) is 6. The predicted molar refractivity (Wildman–Crippen MR) is 84.2 cm³/mol. The quantitative estimate of drug-likeness (QED) is 0.254. The molecule has 1 atom stereocenters. The largest absolute Gasteiger partial charge is 0.502 e. The number of rotatable bonds is 12. The van der Waals surface area contributed by atoms with Gasteiger partial charge in [0, 0.05) is 12.0 Å². The van der Waals surface area contributed by atoms with Gasteiger partial charge in [0.05, 0.1) is 20.3 Å². The lowest BCUT2D eigenvalue weighted by Crippen LogP contribution is -2.35. The lowest BCUT2D eigenvalue weighted by molar-refractivity contribution is -0.201. The molecule has 0 aromatic carbocycles. The molecule has 0 bridgehead atoms. The Morgan fingerprint density at radius 1 is 1.09 bits per heavy atom. The number of hydrogen-bond donors (Lipinski definition) is 1. The average Bonchev–Trinajstić information content (AvgIpc) is 2.41. The van der Waals surface area contributed by atoms with Crippen LogP contribution in [0.2, 0.25) is 0 Å². The van der Waals surface area contributed by atoms with Crippen molar-refractivity contribution in [3.63, 3.8) is 0 Å². The van der Waals surface area contributed by atoms with Crippen molar-refractivity contribution in [2.75, 3.05) is 26.9 Å².